The van der Waals surface area contributed by atoms with Gasteiger partial charge in [-0.25, -0.2) is 0 Å². The number of ether oxygens (including phenoxy) is 2. The molecule has 0 amide bonds. The SMILES string of the molecule is CCOc1ccc(OC(=O)CN(C)CCCNC)cc1. The van der Waals surface area contributed by atoms with Crippen LogP contribution in [-0.4, -0.2) is 51.2 Å². The van der Waals surface area contributed by atoms with E-state index in [1.54, 1.807) is 24.3 Å². The van der Waals surface area contributed by atoms with Crippen LogP contribution in [0.15, 0.2) is 24.3 Å². The maximum atomic E-state index is 11.8. The van der Waals surface area contributed by atoms with Crippen LogP contribution < -0.4 is 14.8 Å². The summed E-state index contributed by atoms with van der Waals surface area (Å²) in [5, 5.41) is 3.08. The van der Waals surface area contributed by atoms with Gasteiger partial charge in [0.1, 0.15) is 11.5 Å². The molecule has 0 atom stereocenters. The van der Waals surface area contributed by atoms with E-state index in [2.05, 4.69) is 5.32 Å². The zero-order valence-corrected chi connectivity index (χ0v) is 12.5. The van der Waals surface area contributed by atoms with Crippen molar-refractivity contribution in [3.8, 4) is 11.5 Å². The second-order valence-corrected chi connectivity index (χ2v) is 4.57. The fourth-order valence-electron chi connectivity index (χ4n) is 1.76. The molecule has 0 aliphatic rings. The van der Waals surface area contributed by atoms with Gasteiger partial charge in [0.15, 0.2) is 0 Å². The zero-order valence-electron chi connectivity index (χ0n) is 12.5. The Hall–Kier alpha value is -1.59. The third-order valence-electron chi connectivity index (χ3n) is 2.73. The van der Waals surface area contributed by atoms with Crippen molar-refractivity contribution in [3.63, 3.8) is 0 Å². The molecule has 1 N–H and O–H groups in total. The summed E-state index contributed by atoms with van der Waals surface area (Å²) in [5.41, 5.74) is 0. The van der Waals surface area contributed by atoms with Crippen LogP contribution in [0.4, 0.5) is 0 Å². The molecule has 1 rings (SSSR count). The van der Waals surface area contributed by atoms with Crippen molar-refractivity contribution < 1.29 is 14.3 Å². The molecule has 5 nitrogen and oxygen atoms in total. The fourth-order valence-corrected chi connectivity index (χ4v) is 1.76. The number of hydrogen-bond acceptors (Lipinski definition) is 5. The number of likely N-dealkylation sites (N-methyl/N-ethyl adjacent to an activating group) is 1. The van der Waals surface area contributed by atoms with Crippen molar-refractivity contribution in [2.45, 2.75) is 13.3 Å². The van der Waals surface area contributed by atoms with E-state index in [4.69, 9.17) is 9.47 Å². The number of nitrogens with one attached hydrogen (secondary N) is 1. The maximum absolute atomic E-state index is 11.8. The highest BCUT2D eigenvalue weighted by molar-refractivity contribution is 5.74. The molecule has 1 aromatic rings. The Bertz CT molecular complexity index is 393. The molecule has 5 heteroatoms. The summed E-state index contributed by atoms with van der Waals surface area (Å²) < 4.78 is 10.6. The lowest BCUT2D eigenvalue weighted by Gasteiger charge is -2.15. The molecule has 112 valence electrons. The largest absolute Gasteiger partial charge is 0.494 e. The van der Waals surface area contributed by atoms with E-state index in [1.165, 1.54) is 0 Å². The standard InChI is InChI=1S/C15H24N2O3/c1-4-19-13-6-8-14(9-7-13)20-15(18)12-17(3)11-5-10-16-2/h6-9,16H,4-5,10-12H2,1-3H3. The van der Waals surface area contributed by atoms with E-state index in [-0.39, 0.29) is 12.5 Å². The van der Waals surface area contributed by atoms with Crippen LogP contribution in [0.2, 0.25) is 0 Å². The molecular weight excluding hydrogens is 256 g/mol. The minimum atomic E-state index is -0.249. The van der Waals surface area contributed by atoms with E-state index in [9.17, 15) is 4.79 Å². The quantitative estimate of drug-likeness (QED) is 0.422. The van der Waals surface area contributed by atoms with Gasteiger partial charge in [-0.05, 0) is 64.8 Å². The van der Waals surface area contributed by atoms with Crippen molar-refractivity contribution in [2.75, 3.05) is 40.3 Å². The van der Waals surface area contributed by atoms with Crippen LogP contribution in [0.25, 0.3) is 0 Å². The van der Waals surface area contributed by atoms with Crippen molar-refractivity contribution in [2.24, 2.45) is 0 Å². The third-order valence-corrected chi connectivity index (χ3v) is 2.73. The monoisotopic (exact) mass is 280 g/mol. The Morgan fingerprint density at radius 2 is 1.90 bits per heavy atom. The lowest BCUT2D eigenvalue weighted by molar-refractivity contribution is -0.135. The van der Waals surface area contributed by atoms with Crippen molar-refractivity contribution in [3.05, 3.63) is 24.3 Å². The summed E-state index contributed by atoms with van der Waals surface area (Å²) in [6, 6.07) is 7.07. The minimum Gasteiger partial charge on any atom is -0.494 e. The van der Waals surface area contributed by atoms with E-state index >= 15 is 0 Å². The van der Waals surface area contributed by atoms with Crippen LogP contribution in [0, 0.1) is 0 Å². The van der Waals surface area contributed by atoms with Crippen molar-refractivity contribution in [1.82, 2.24) is 10.2 Å². The molecule has 1 aromatic carbocycles. The van der Waals surface area contributed by atoms with E-state index in [0.29, 0.717) is 12.4 Å². The number of carbonyl (C=O) groups excluding carboxylic acids is 1. The molecule has 0 bridgehead atoms. The smallest absolute Gasteiger partial charge is 0.325 e. The first-order chi connectivity index (χ1) is 9.65. The Balaban J connectivity index is 2.34. The average molecular weight is 280 g/mol. The van der Waals surface area contributed by atoms with Gasteiger partial charge in [-0.1, -0.05) is 0 Å². The first kappa shape index (κ1) is 16.5. The summed E-state index contributed by atoms with van der Waals surface area (Å²) in [5.74, 6) is 1.07. The number of benzene rings is 1. The van der Waals surface area contributed by atoms with Crippen LogP contribution in [0.3, 0.4) is 0 Å². The predicted octanol–water partition coefficient (Wildman–Crippen LogP) is 1.53. The van der Waals surface area contributed by atoms with Crippen LogP contribution in [-0.2, 0) is 4.79 Å². The van der Waals surface area contributed by atoms with Crippen molar-refractivity contribution in [1.29, 1.82) is 0 Å². The molecule has 0 unspecified atom stereocenters. The number of esters is 1. The summed E-state index contributed by atoms with van der Waals surface area (Å²) in [7, 11) is 3.83. The third kappa shape index (κ3) is 6.54. The Morgan fingerprint density at radius 3 is 2.50 bits per heavy atom. The molecule has 0 heterocycles. The first-order valence-electron chi connectivity index (χ1n) is 6.92. The molecule has 0 spiro atoms. The van der Waals surface area contributed by atoms with Crippen molar-refractivity contribution >= 4 is 5.97 Å². The predicted molar refractivity (Wildman–Crippen MR) is 79.3 cm³/mol. The number of nitrogens with zero attached hydrogens (tertiary/aromatic N) is 1. The fraction of sp³-hybridized carbons (Fsp3) is 0.533. The highest BCUT2D eigenvalue weighted by atomic mass is 16.5. The van der Waals surface area contributed by atoms with Crippen LogP contribution >= 0.6 is 0 Å². The summed E-state index contributed by atoms with van der Waals surface area (Å²) >= 11 is 0. The molecule has 0 aliphatic carbocycles. The molecule has 0 saturated carbocycles. The second-order valence-electron chi connectivity index (χ2n) is 4.57. The van der Waals surface area contributed by atoms with Gasteiger partial charge in [0.05, 0.1) is 13.2 Å². The van der Waals surface area contributed by atoms with E-state index in [1.807, 2.05) is 25.9 Å². The second kappa shape index (κ2) is 9.34. The maximum Gasteiger partial charge on any atom is 0.325 e. The molecule has 0 fully saturated rings. The molecule has 0 radical (unpaired) electrons. The molecule has 0 aliphatic heterocycles. The van der Waals surface area contributed by atoms with Crippen LogP contribution in [0.5, 0.6) is 11.5 Å². The van der Waals surface area contributed by atoms with Gasteiger partial charge in [-0.3, -0.25) is 9.69 Å². The zero-order chi connectivity index (χ0) is 14.8. The van der Waals surface area contributed by atoms with Gasteiger partial charge in [0, 0.05) is 0 Å². The Morgan fingerprint density at radius 1 is 1.25 bits per heavy atom. The normalized spacial score (nSPS) is 10.6. The van der Waals surface area contributed by atoms with Gasteiger partial charge in [-0.2, -0.15) is 0 Å². The van der Waals surface area contributed by atoms with Gasteiger partial charge in [0.2, 0.25) is 0 Å². The van der Waals surface area contributed by atoms with E-state index in [0.717, 1.165) is 25.3 Å². The summed E-state index contributed by atoms with van der Waals surface area (Å²) in [4.78, 5) is 13.7. The van der Waals surface area contributed by atoms with E-state index < -0.39 is 0 Å². The van der Waals surface area contributed by atoms with Gasteiger partial charge in [0.25, 0.3) is 0 Å². The lowest BCUT2D eigenvalue weighted by atomic mass is 10.3. The summed E-state index contributed by atoms with van der Waals surface area (Å²) in [6.07, 6.45) is 1.00. The molecular formula is C15H24N2O3. The van der Waals surface area contributed by atoms with Gasteiger partial charge >= 0.3 is 5.97 Å². The topological polar surface area (TPSA) is 50.8 Å². The molecule has 0 aromatic heterocycles. The lowest BCUT2D eigenvalue weighted by Crippen LogP contribution is -2.30. The number of hydrogen-bond donors (Lipinski definition) is 1. The molecule has 20 heavy (non-hydrogen) atoms. The average Bonchev–Trinajstić information content (AvgIpc) is 2.41. The van der Waals surface area contributed by atoms with Crippen LogP contribution in [0.1, 0.15) is 13.3 Å². The minimum absolute atomic E-state index is 0.249. The number of rotatable bonds is 9. The van der Waals surface area contributed by atoms with Gasteiger partial charge in [-0.15, -0.1) is 0 Å². The van der Waals surface area contributed by atoms with Gasteiger partial charge < -0.3 is 14.8 Å². The Kier molecular flexibility index (Phi) is 7.69. The Labute approximate surface area is 120 Å². The highest BCUT2D eigenvalue weighted by Crippen LogP contribution is 2.17. The first-order valence-corrected chi connectivity index (χ1v) is 6.92. The molecule has 0 saturated heterocycles. The summed E-state index contributed by atoms with van der Waals surface area (Å²) in [6.45, 7) is 4.64. The number of carbonyl (C=O) groups is 1. The highest BCUT2D eigenvalue weighted by Gasteiger charge is 2.08.